The van der Waals surface area contributed by atoms with Crippen molar-refractivity contribution in [1.29, 1.82) is 0 Å². The van der Waals surface area contributed by atoms with E-state index in [-0.39, 0.29) is 18.1 Å². The molecule has 0 radical (unpaired) electrons. The van der Waals surface area contributed by atoms with Crippen LogP contribution < -0.4 is 0 Å². The van der Waals surface area contributed by atoms with Gasteiger partial charge in [-0.1, -0.05) is 0 Å². The Balaban J connectivity index is 3.14. The predicted molar refractivity (Wildman–Crippen MR) is 69.9 cm³/mol. The van der Waals surface area contributed by atoms with Gasteiger partial charge in [0.05, 0.1) is 11.1 Å². The van der Waals surface area contributed by atoms with E-state index in [1.807, 2.05) is 0 Å². The third kappa shape index (κ3) is 5.35. The van der Waals surface area contributed by atoms with E-state index in [0.717, 1.165) is 12.1 Å². The normalized spacial score (nSPS) is 13.7. The van der Waals surface area contributed by atoms with Crippen molar-refractivity contribution in [3.8, 4) is 0 Å². The van der Waals surface area contributed by atoms with Crippen LogP contribution in [0.1, 0.15) is 37.0 Å². The van der Waals surface area contributed by atoms with Crippen molar-refractivity contribution in [2.45, 2.75) is 44.6 Å². The molecule has 120 valence electrons. The van der Waals surface area contributed by atoms with Crippen LogP contribution in [0, 0.1) is 0 Å². The van der Waals surface area contributed by atoms with Gasteiger partial charge in [0.1, 0.15) is 10.5 Å². The number of benzene rings is 1. The third-order valence-electron chi connectivity index (χ3n) is 3.22. The lowest BCUT2D eigenvalue weighted by atomic mass is 9.96. The zero-order valence-corrected chi connectivity index (χ0v) is 13.8. The predicted octanol–water partition coefficient (Wildman–Crippen LogP) is 3.73. The summed E-state index contributed by atoms with van der Waals surface area (Å²) in [7, 11) is 0.446. The van der Waals surface area contributed by atoms with Crippen LogP contribution in [-0.4, -0.2) is 16.1 Å². The Hall–Kier alpha value is -1.02. The molecule has 0 unspecified atom stereocenters. The minimum atomic E-state index is -4.81. The van der Waals surface area contributed by atoms with Crippen molar-refractivity contribution < 1.29 is 30.8 Å². The van der Waals surface area contributed by atoms with Crippen LogP contribution in [0.15, 0.2) is 18.2 Å². The molecule has 0 saturated heterocycles. The number of hydrogen-bond donors (Lipinski definition) is 0. The zero-order valence-electron chi connectivity index (χ0n) is 11.8. The van der Waals surface area contributed by atoms with E-state index in [1.54, 1.807) is 13.8 Å². The average Bonchev–Trinajstić information content (AvgIpc) is 2.34. The van der Waals surface area contributed by atoms with Crippen LogP contribution in [-0.2, 0) is 23.2 Å². The molecule has 1 nitrogen and oxygen atoms in total. The minimum Gasteiger partial charge on any atom is -0.423 e. The summed E-state index contributed by atoms with van der Waals surface area (Å²) in [6, 6.07) is 1.66. The Bertz CT molecular complexity index is 460. The highest BCUT2D eigenvalue weighted by atomic mass is 28.2. The Labute approximate surface area is 121 Å². The third-order valence-corrected chi connectivity index (χ3v) is 4.32. The van der Waals surface area contributed by atoms with Gasteiger partial charge in [-0.15, -0.1) is 0 Å². The first kappa shape index (κ1) is 18.0. The number of alkyl halides is 6. The molecule has 0 amide bonds. The second kappa shape index (κ2) is 6.00. The molecule has 0 N–H and O–H groups in total. The number of halogens is 6. The maximum atomic E-state index is 12.7. The molecule has 21 heavy (non-hydrogen) atoms. The first-order chi connectivity index (χ1) is 9.35. The van der Waals surface area contributed by atoms with Crippen LogP contribution in [0.2, 0.25) is 0 Å². The Morgan fingerprint density at radius 2 is 1.33 bits per heavy atom. The van der Waals surface area contributed by atoms with Gasteiger partial charge in [-0.25, -0.2) is 0 Å². The first-order valence-corrected chi connectivity index (χ1v) is 7.00. The first-order valence-electron chi connectivity index (χ1n) is 6.19. The van der Waals surface area contributed by atoms with Gasteiger partial charge in [0.15, 0.2) is 0 Å². The number of aryl methyl sites for hydroxylation is 1. The second-order valence-corrected chi connectivity index (χ2v) is 5.79. The molecule has 0 aliphatic heterocycles. The van der Waals surface area contributed by atoms with Crippen molar-refractivity contribution in [2.75, 3.05) is 0 Å². The van der Waals surface area contributed by atoms with Gasteiger partial charge in [-0.2, -0.15) is 26.3 Å². The molecule has 0 aliphatic carbocycles. The van der Waals surface area contributed by atoms with E-state index in [0.29, 0.717) is 16.9 Å². The summed E-state index contributed by atoms with van der Waals surface area (Å²) in [6.07, 6.45) is -9.18. The highest BCUT2D eigenvalue weighted by molar-refractivity contribution is 5.98. The average molecular weight is 330 g/mol. The van der Waals surface area contributed by atoms with Crippen molar-refractivity contribution in [1.82, 2.24) is 0 Å². The summed E-state index contributed by atoms with van der Waals surface area (Å²) in [5, 5.41) is 0. The van der Waals surface area contributed by atoms with Crippen molar-refractivity contribution in [3.05, 3.63) is 34.9 Å². The standard InChI is InChI=1S/C13H16F6OSi/c1-11(2,20-21)4-3-8-5-9(12(14,15)16)7-10(6-8)13(17,18)19/h5-7H,3-4H2,1-2,21H3. The molecular weight excluding hydrogens is 314 g/mol. The van der Waals surface area contributed by atoms with Crippen LogP contribution >= 0.6 is 0 Å². The smallest absolute Gasteiger partial charge is 0.416 e. The molecule has 0 spiro atoms. The summed E-state index contributed by atoms with van der Waals surface area (Å²) >= 11 is 0. The molecule has 1 aromatic rings. The van der Waals surface area contributed by atoms with E-state index in [4.69, 9.17) is 4.43 Å². The van der Waals surface area contributed by atoms with E-state index in [1.165, 1.54) is 0 Å². The fourth-order valence-electron chi connectivity index (χ4n) is 1.71. The van der Waals surface area contributed by atoms with Gasteiger partial charge in [0.2, 0.25) is 0 Å². The van der Waals surface area contributed by atoms with Gasteiger partial charge >= 0.3 is 12.4 Å². The zero-order chi connectivity index (χ0) is 16.5. The van der Waals surface area contributed by atoms with Crippen LogP contribution in [0.5, 0.6) is 0 Å². The fourth-order valence-corrected chi connectivity index (χ4v) is 1.92. The lowest BCUT2D eigenvalue weighted by Gasteiger charge is -2.24. The van der Waals surface area contributed by atoms with Gasteiger partial charge in [-0.05, 0) is 50.5 Å². The van der Waals surface area contributed by atoms with E-state index < -0.39 is 29.1 Å². The number of rotatable bonds is 4. The second-order valence-electron chi connectivity index (χ2n) is 5.38. The van der Waals surface area contributed by atoms with Gasteiger partial charge in [0, 0.05) is 5.60 Å². The van der Waals surface area contributed by atoms with E-state index in [9.17, 15) is 26.3 Å². The van der Waals surface area contributed by atoms with Crippen LogP contribution in [0.25, 0.3) is 0 Å². The quantitative estimate of drug-likeness (QED) is 0.604. The monoisotopic (exact) mass is 330 g/mol. The van der Waals surface area contributed by atoms with Crippen LogP contribution in [0.4, 0.5) is 26.3 Å². The number of hydrogen-bond acceptors (Lipinski definition) is 1. The van der Waals surface area contributed by atoms with E-state index >= 15 is 0 Å². The molecule has 0 fully saturated rings. The molecule has 0 heterocycles. The van der Waals surface area contributed by atoms with Gasteiger partial charge in [-0.3, -0.25) is 0 Å². The Morgan fingerprint density at radius 1 is 0.905 bits per heavy atom. The molecule has 1 rings (SSSR count). The molecule has 1 aromatic carbocycles. The van der Waals surface area contributed by atoms with Crippen molar-refractivity contribution in [2.24, 2.45) is 0 Å². The molecule has 0 saturated carbocycles. The molecular formula is C13H16F6OSi. The lowest BCUT2D eigenvalue weighted by Crippen LogP contribution is -2.24. The lowest BCUT2D eigenvalue weighted by molar-refractivity contribution is -0.143. The largest absolute Gasteiger partial charge is 0.423 e. The molecule has 0 aliphatic rings. The summed E-state index contributed by atoms with van der Waals surface area (Å²) < 4.78 is 81.4. The topological polar surface area (TPSA) is 9.23 Å². The van der Waals surface area contributed by atoms with Crippen molar-refractivity contribution >= 4 is 10.5 Å². The summed E-state index contributed by atoms with van der Waals surface area (Å²) in [4.78, 5) is 0. The van der Waals surface area contributed by atoms with E-state index in [2.05, 4.69) is 0 Å². The maximum absolute atomic E-state index is 12.7. The molecule has 8 heteroatoms. The Morgan fingerprint density at radius 3 is 1.67 bits per heavy atom. The summed E-state index contributed by atoms with van der Waals surface area (Å²) in [6.45, 7) is 3.50. The maximum Gasteiger partial charge on any atom is 0.416 e. The van der Waals surface area contributed by atoms with Crippen molar-refractivity contribution in [3.63, 3.8) is 0 Å². The molecule has 0 aromatic heterocycles. The van der Waals surface area contributed by atoms with Gasteiger partial charge in [0.25, 0.3) is 0 Å². The fraction of sp³-hybridized carbons (Fsp3) is 0.538. The Kier molecular flexibility index (Phi) is 5.15. The van der Waals surface area contributed by atoms with Gasteiger partial charge < -0.3 is 4.43 Å². The van der Waals surface area contributed by atoms with Crippen LogP contribution in [0.3, 0.4) is 0 Å². The highest BCUT2D eigenvalue weighted by Crippen LogP contribution is 2.36. The molecule has 0 atom stereocenters. The molecule has 0 bridgehead atoms. The summed E-state index contributed by atoms with van der Waals surface area (Å²) in [5.41, 5.74) is -3.11. The highest BCUT2D eigenvalue weighted by Gasteiger charge is 2.36. The SMILES string of the molecule is CC(C)(CCc1cc(C(F)(F)F)cc(C(F)(F)F)c1)O[SiH3]. The summed E-state index contributed by atoms with van der Waals surface area (Å²) in [5.74, 6) is 0. The minimum absolute atomic E-state index is 0.00365.